The Morgan fingerprint density at radius 1 is 1.26 bits per heavy atom. The van der Waals surface area contributed by atoms with Crippen LogP contribution in [-0.4, -0.2) is 41.0 Å². The van der Waals surface area contributed by atoms with Gasteiger partial charge in [0, 0.05) is 18.1 Å². The topological polar surface area (TPSA) is 114 Å². The first-order valence-electron chi connectivity index (χ1n) is 6.42. The van der Waals surface area contributed by atoms with Crippen molar-refractivity contribution in [1.29, 1.82) is 0 Å². The van der Waals surface area contributed by atoms with Gasteiger partial charge in [-0.1, -0.05) is 0 Å². The fourth-order valence-electron chi connectivity index (χ4n) is 2.15. The molecule has 0 saturated heterocycles. The molecule has 5 N–H and O–H groups in total. The SMILES string of the molecule is CC(C)(C)OC(=O)NC1CCC(NC(=O)O)CC1N. The van der Waals surface area contributed by atoms with Crippen LogP contribution in [0.1, 0.15) is 40.0 Å². The molecule has 1 fully saturated rings. The number of alkyl carbamates (subject to hydrolysis) is 1. The molecule has 0 heterocycles. The van der Waals surface area contributed by atoms with Gasteiger partial charge in [0.1, 0.15) is 5.60 Å². The van der Waals surface area contributed by atoms with Crippen LogP contribution in [0.25, 0.3) is 0 Å². The smallest absolute Gasteiger partial charge is 0.407 e. The Morgan fingerprint density at radius 2 is 1.89 bits per heavy atom. The number of ether oxygens (including phenoxy) is 1. The number of rotatable bonds is 2. The zero-order chi connectivity index (χ0) is 14.6. The Bertz CT molecular complexity index is 340. The monoisotopic (exact) mass is 273 g/mol. The number of hydrogen-bond acceptors (Lipinski definition) is 4. The van der Waals surface area contributed by atoms with Crippen LogP contribution >= 0.6 is 0 Å². The number of hydrogen-bond donors (Lipinski definition) is 4. The summed E-state index contributed by atoms with van der Waals surface area (Å²) >= 11 is 0. The van der Waals surface area contributed by atoms with Gasteiger partial charge in [-0.25, -0.2) is 9.59 Å². The molecular formula is C12H23N3O4. The van der Waals surface area contributed by atoms with Crippen LogP contribution in [0.4, 0.5) is 9.59 Å². The molecule has 0 bridgehead atoms. The van der Waals surface area contributed by atoms with Gasteiger partial charge in [-0.2, -0.15) is 0 Å². The third-order valence-corrected chi connectivity index (χ3v) is 2.93. The molecule has 1 aliphatic carbocycles. The molecule has 0 spiro atoms. The van der Waals surface area contributed by atoms with Crippen LogP contribution < -0.4 is 16.4 Å². The number of nitrogens with one attached hydrogen (secondary N) is 2. The maximum absolute atomic E-state index is 11.6. The summed E-state index contributed by atoms with van der Waals surface area (Å²) in [5.41, 5.74) is 5.41. The van der Waals surface area contributed by atoms with E-state index >= 15 is 0 Å². The minimum atomic E-state index is -1.05. The highest BCUT2D eigenvalue weighted by Gasteiger charge is 2.31. The second-order valence-electron chi connectivity index (χ2n) is 5.88. The normalized spacial score (nSPS) is 27.5. The number of amides is 2. The Labute approximate surface area is 112 Å². The van der Waals surface area contributed by atoms with Crippen molar-refractivity contribution in [1.82, 2.24) is 10.6 Å². The maximum atomic E-state index is 11.6. The Morgan fingerprint density at radius 3 is 2.37 bits per heavy atom. The third-order valence-electron chi connectivity index (χ3n) is 2.93. The van der Waals surface area contributed by atoms with Crippen LogP contribution in [0.15, 0.2) is 0 Å². The van der Waals surface area contributed by atoms with Crippen molar-refractivity contribution in [3.8, 4) is 0 Å². The number of carboxylic acid groups (broad SMARTS) is 1. The van der Waals surface area contributed by atoms with E-state index in [4.69, 9.17) is 15.6 Å². The van der Waals surface area contributed by atoms with Gasteiger partial charge in [0.25, 0.3) is 0 Å². The first-order chi connectivity index (χ1) is 8.67. The van der Waals surface area contributed by atoms with Gasteiger partial charge in [-0.05, 0) is 40.0 Å². The second kappa shape index (κ2) is 6.10. The lowest BCUT2D eigenvalue weighted by Crippen LogP contribution is -2.55. The summed E-state index contributed by atoms with van der Waals surface area (Å²) in [6, 6.07) is -0.607. The molecule has 1 saturated carbocycles. The van der Waals surface area contributed by atoms with Crippen LogP contribution in [0.5, 0.6) is 0 Å². The Hall–Kier alpha value is -1.50. The minimum Gasteiger partial charge on any atom is -0.465 e. The molecular weight excluding hydrogens is 250 g/mol. The van der Waals surface area contributed by atoms with E-state index in [9.17, 15) is 9.59 Å². The Kier molecular flexibility index (Phi) is 4.99. The molecule has 0 aromatic heterocycles. The van der Waals surface area contributed by atoms with E-state index in [-0.39, 0.29) is 18.1 Å². The summed E-state index contributed by atoms with van der Waals surface area (Å²) in [6.07, 6.45) is 0.256. The summed E-state index contributed by atoms with van der Waals surface area (Å²) < 4.78 is 5.16. The first kappa shape index (κ1) is 15.6. The van der Waals surface area contributed by atoms with Crippen molar-refractivity contribution >= 4 is 12.2 Å². The van der Waals surface area contributed by atoms with Gasteiger partial charge in [0.15, 0.2) is 0 Å². The van der Waals surface area contributed by atoms with E-state index < -0.39 is 17.8 Å². The molecule has 7 nitrogen and oxygen atoms in total. The minimum absolute atomic E-state index is 0.149. The predicted octanol–water partition coefficient (Wildman–Crippen LogP) is 1.03. The molecule has 3 unspecified atom stereocenters. The van der Waals surface area contributed by atoms with Gasteiger partial charge in [-0.15, -0.1) is 0 Å². The van der Waals surface area contributed by atoms with Crippen molar-refractivity contribution < 1.29 is 19.4 Å². The fraction of sp³-hybridized carbons (Fsp3) is 0.833. The van der Waals surface area contributed by atoms with E-state index in [0.29, 0.717) is 19.3 Å². The molecule has 0 aromatic rings. The molecule has 2 amide bonds. The van der Waals surface area contributed by atoms with Crippen LogP contribution in [0.2, 0.25) is 0 Å². The van der Waals surface area contributed by atoms with Crippen molar-refractivity contribution in [3.63, 3.8) is 0 Å². The summed E-state index contributed by atoms with van der Waals surface area (Å²) in [6.45, 7) is 5.38. The molecule has 1 aliphatic rings. The highest BCUT2D eigenvalue weighted by Crippen LogP contribution is 2.18. The third kappa shape index (κ3) is 5.78. The largest absolute Gasteiger partial charge is 0.465 e. The summed E-state index contributed by atoms with van der Waals surface area (Å²) in [5, 5.41) is 13.8. The lowest BCUT2D eigenvalue weighted by Gasteiger charge is -2.34. The van der Waals surface area contributed by atoms with E-state index in [2.05, 4.69) is 10.6 Å². The number of carbonyl (C=O) groups is 2. The molecule has 19 heavy (non-hydrogen) atoms. The van der Waals surface area contributed by atoms with E-state index in [1.54, 1.807) is 20.8 Å². The van der Waals surface area contributed by atoms with Gasteiger partial charge in [0.2, 0.25) is 0 Å². The molecule has 110 valence electrons. The molecule has 1 rings (SSSR count). The van der Waals surface area contributed by atoms with Gasteiger partial charge < -0.3 is 26.2 Å². The van der Waals surface area contributed by atoms with E-state index in [1.165, 1.54) is 0 Å². The Balaban J connectivity index is 2.41. The van der Waals surface area contributed by atoms with Crippen LogP contribution in [0.3, 0.4) is 0 Å². The van der Waals surface area contributed by atoms with Gasteiger partial charge >= 0.3 is 12.2 Å². The second-order valence-corrected chi connectivity index (χ2v) is 5.88. The van der Waals surface area contributed by atoms with Crippen molar-refractivity contribution in [2.45, 2.75) is 63.8 Å². The molecule has 0 radical (unpaired) electrons. The quantitative estimate of drug-likeness (QED) is 0.600. The molecule has 0 aliphatic heterocycles. The number of carbonyl (C=O) groups excluding carboxylic acids is 1. The summed E-state index contributed by atoms with van der Waals surface area (Å²) in [4.78, 5) is 22.2. The standard InChI is InChI=1S/C12H23N3O4/c1-12(2,3)19-11(18)15-9-5-4-7(6-8(9)13)14-10(16)17/h7-9,14H,4-6,13H2,1-3H3,(H,15,18)(H,16,17). The zero-order valence-corrected chi connectivity index (χ0v) is 11.6. The molecule has 3 atom stereocenters. The van der Waals surface area contributed by atoms with Gasteiger partial charge in [-0.3, -0.25) is 0 Å². The van der Waals surface area contributed by atoms with Crippen LogP contribution in [-0.2, 0) is 4.74 Å². The van der Waals surface area contributed by atoms with Crippen molar-refractivity contribution in [2.75, 3.05) is 0 Å². The average molecular weight is 273 g/mol. The summed E-state index contributed by atoms with van der Waals surface area (Å²) in [7, 11) is 0. The lowest BCUT2D eigenvalue weighted by atomic mass is 9.87. The maximum Gasteiger partial charge on any atom is 0.407 e. The highest BCUT2D eigenvalue weighted by atomic mass is 16.6. The summed E-state index contributed by atoms with van der Waals surface area (Å²) in [5.74, 6) is 0. The molecule has 7 heteroatoms. The van der Waals surface area contributed by atoms with Crippen molar-refractivity contribution in [3.05, 3.63) is 0 Å². The zero-order valence-electron chi connectivity index (χ0n) is 11.6. The van der Waals surface area contributed by atoms with Gasteiger partial charge in [0.05, 0.1) is 0 Å². The number of nitrogens with two attached hydrogens (primary N) is 1. The molecule has 0 aromatic carbocycles. The first-order valence-corrected chi connectivity index (χ1v) is 6.42. The van der Waals surface area contributed by atoms with E-state index in [0.717, 1.165) is 0 Å². The van der Waals surface area contributed by atoms with Crippen LogP contribution in [0, 0.1) is 0 Å². The highest BCUT2D eigenvalue weighted by molar-refractivity contribution is 5.68. The average Bonchev–Trinajstić information content (AvgIpc) is 2.18. The van der Waals surface area contributed by atoms with Crippen molar-refractivity contribution in [2.24, 2.45) is 5.73 Å². The van der Waals surface area contributed by atoms with E-state index in [1.807, 2.05) is 0 Å². The predicted molar refractivity (Wildman–Crippen MR) is 69.9 cm³/mol. The lowest BCUT2D eigenvalue weighted by molar-refractivity contribution is 0.0480. The fourth-order valence-corrected chi connectivity index (χ4v) is 2.15.